The maximum Gasteiger partial charge on any atom is 0.357 e. The third kappa shape index (κ3) is 3.66. The molecule has 0 radical (unpaired) electrons. The predicted molar refractivity (Wildman–Crippen MR) is 89.1 cm³/mol. The number of ketones is 1. The fraction of sp³-hybridized carbons (Fsp3) is 0.105. The molecule has 3 aromatic rings. The molecule has 0 spiro atoms. The average Bonchev–Trinajstić information content (AvgIpc) is 3.12. The van der Waals surface area contributed by atoms with Gasteiger partial charge >= 0.3 is 5.97 Å². The minimum Gasteiger partial charge on any atom is -0.450 e. The second-order valence-electron chi connectivity index (χ2n) is 5.54. The Balaban J connectivity index is 1.76. The van der Waals surface area contributed by atoms with Crippen LogP contribution in [0.15, 0.2) is 61.1 Å². The molecule has 0 fully saturated rings. The van der Waals surface area contributed by atoms with Gasteiger partial charge in [-0.3, -0.25) is 9.36 Å². The van der Waals surface area contributed by atoms with E-state index in [1.54, 1.807) is 0 Å². The second kappa shape index (κ2) is 7.26. The number of Topliss-reactive ketones (excluding diaryl/α,β-unsaturated/α-hetero) is 1. The standard InChI is InChI=1S/C19H14F2N2O3/c1-12(18(24)13-2-4-14(20)5-3-13)26-19(25)17-10-22-11-23(17)16-8-6-15(21)7-9-16/h2-12H,1H3. The first-order valence-electron chi connectivity index (χ1n) is 7.75. The van der Waals surface area contributed by atoms with E-state index >= 15 is 0 Å². The van der Waals surface area contributed by atoms with Crippen molar-refractivity contribution >= 4 is 11.8 Å². The Bertz CT molecular complexity index is 934. The molecule has 0 bridgehead atoms. The predicted octanol–water partition coefficient (Wildman–Crippen LogP) is 3.58. The van der Waals surface area contributed by atoms with Gasteiger partial charge in [0, 0.05) is 11.3 Å². The van der Waals surface area contributed by atoms with Crippen LogP contribution in [0.2, 0.25) is 0 Å². The van der Waals surface area contributed by atoms with E-state index in [-0.39, 0.29) is 11.3 Å². The molecule has 26 heavy (non-hydrogen) atoms. The van der Waals surface area contributed by atoms with Gasteiger partial charge in [-0.2, -0.15) is 0 Å². The van der Waals surface area contributed by atoms with Crippen LogP contribution in [-0.4, -0.2) is 27.4 Å². The summed E-state index contributed by atoms with van der Waals surface area (Å²) >= 11 is 0. The molecule has 1 aromatic heterocycles. The minimum absolute atomic E-state index is 0.0929. The molecule has 132 valence electrons. The van der Waals surface area contributed by atoms with E-state index in [9.17, 15) is 18.4 Å². The zero-order chi connectivity index (χ0) is 18.7. The van der Waals surface area contributed by atoms with Crippen molar-refractivity contribution in [2.45, 2.75) is 13.0 Å². The first-order chi connectivity index (χ1) is 12.5. The number of rotatable bonds is 5. The van der Waals surface area contributed by atoms with Crippen molar-refractivity contribution in [2.24, 2.45) is 0 Å². The van der Waals surface area contributed by atoms with Gasteiger partial charge in [0.2, 0.25) is 5.78 Å². The number of carbonyl (C=O) groups excluding carboxylic acids is 2. The average molecular weight is 356 g/mol. The number of nitrogens with zero attached hydrogens (tertiary/aromatic N) is 2. The molecule has 0 amide bonds. The fourth-order valence-electron chi connectivity index (χ4n) is 2.38. The Morgan fingerprint density at radius 1 is 1.00 bits per heavy atom. The molecule has 1 atom stereocenters. The van der Waals surface area contributed by atoms with Gasteiger partial charge in [0.05, 0.1) is 12.5 Å². The third-order valence-electron chi connectivity index (χ3n) is 3.73. The van der Waals surface area contributed by atoms with E-state index in [2.05, 4.69) is 4.98 Å². The first kappa shape index (κ1) is 17.5. The topological polar surface area (TPSA) is 61.2 Å². The summed E-state index contributed by atoms with van der Waals surface area (Å²) in [5.41, 5.74) is 0.850. The lowest BCUT2D eigenvalue weighted by molar-refractivity contribution is 0.0311. The van der Waals surface area contributed by atoms with Crippen LogP contribution in [-0.2, 0) is 4.74 Å². The Labute approximate surface area is 147 Å². The number of carbonyl (C=O) groups is 2. The fourth-order valence-corrected chi connectivity index (χ4v) is 2.38. The summed E-state index contributed by atoms with van der Waals surface area (Å²) in [6, 6.07) is 10.4. The van der Waals surface area contributed by atoms with Gasteiger partial charge in [0.15, 0.2) is 11.8 Å². The van der Waals surface area contributed by atoms with Crippen molar-refractivity contribution in [1.82, 2.24) is 9.55 Å². The molecule has 3 rings (SSSR count). The molecule has 1 heterocycles. The highest BCUT2D eigenvalue weighted by molar-refractivity contribution is 6.01. The molecule has 7 heteroatoms. The van der Waals surface area contributed by atoms with Crippen LogP contribution >= 0.6 is 0 Å². The Kier molecular flexibility index (Phi) is 4.88. The van der Waals surface area contributed by atoms with E-state index in [4.69, 9.17) is 4.74 Å². The first-order valence-corrected chi connectivity index (χ1v) is 7.75. The number of hydrogen-bond acceptors (Lipinski definition) is 4. The maximum atomic E-state index is 13.1. The van der Waals surface area contributed by atoms with Gasteiger partial charge in [-0.15, -0.1) is 0 Å². The summed E-state index contributed by atoms with van der Waals surface area (Å²) in [7, 11) is 0. The zero-order valence-corrected chi connectivity index (χ0v) is 13.7. The van der Waals surface area contributed by atoms with Crippen LogP contribution < -0.4 is 0 Å². The highest BCUT2D eigenvalue weighted by Gasteiger charge is 2.23. The van der Waals surface area contributed by atoms with E-state index in [0.29, 0.717) is 5.69 Å². The quantitative estimate of drug-likeness (QED) is 0.518. The van der Waals surface area contributed by atoms with Crippen LogP contribution in [0.4, 0.5) is 8.78 Å². The third-order valence-corrected chi connectivity index (χ3v) is 3.73. The van der Waals surface area contributed by atoms with E-state index in [1.165, 1.54) is 60.4 Å². The maximum absolute atomic E-state index is 13.1. The van der Waals surface area contributed by atoms with Gasteiger partial charge < -0.3 is 4.74 Å². The number of esters is 1. The van der Waals surface area contributed by atoms with Crippen molar-refractivity contribution in [1.29, 1.82) is 0 Å². The van der Waals surface area contributed by atoms with Crippen molar-refractivity contribution in [3.8, 4) is 5.69 Å². The Morgan fingerprint density at radius 3 is 2.19 bits per heavy atom. The normalized spacial score (nSPS) is 11.8. The van der Waals surface area contributed by atoms with Gasteiger partial charge in [0.1, 0.15) is 11.6 Å². The van der Waals surface area contributed by atoms with Crippen LogP contribution in [0, 0.1) is 11.6 Å². The van der Waals surface area contributed by atoms with Crippen LogP contribution in [0.5, 0.6) is 0 Å². The van der Waals surface area contributed by atoms with Crippen molar-refractivity contribution in [3.63, 3.8) is 0 Å². The van der Waals surface area contributed by atoms with Crippen molar-refractivity contribution in [3.05, 3.63) is 83.9 Å². The Hall–Kier alpha value is -3.35. The minimum atomic E-state index is -1.07. The van der Waals surface area contributed by atoms with Crippen LogP contribution in [0.3, 0.4) is 0 Å². The van der Waals surface area contributed by atoms with Gasteiger partial charge in [0.25, 0.3) is 0 Å². The SMILES string of the molecule is CC(OC(=O)c1cncn1-c1ccc(F)cc1)C(=O)c1ccc(F)cc1. The molecule has 0 saturated carbocycles. The number of hydrogen-bond donors (Lipinski definition) is 0. The molecule has 0 saturated heterocycles. The summed E-state index contributed by atoms with van der Waals surface area (Å²) in [5.74, 6) is -2.08. The number of halogens is 2. The molecule has 5 nitrogen and oxygen atoms in total. The van der Waals surface area contributed by atoms with E-state index < -0.39 is 29.5 Å². The molecule has 1 unspecified atom stereocenters. The lowest BCUT2D eigenvalue weighted by atomic mass is 10.1. The number of aromatic nitrogens is 2. The molecule has 2 aromatic carbocycles. The number of benzene rings is 2. The smallest absolute Gasteiger partial charge is 0.357 e. The molecule has 0 aliphatic rings. The molecule has 0 N–H and O–H groups in total. The lowest BCUT2D eigenvalue weighted by Gasteiger charge is -2.13. The molecule has 0 aliphatic carbocycles. The molecular formula is C19H14F2N2O3. The lowest BCUT2D eigenvalue weighted by Crippen LogP contribution is -2.25. The van der Waals surface area contributed by atoms with Gasteiger partial charge in [-0.25, -0.2) is 18.6 Å². The van der Waals surface area contributed by atoms with E-state index in [0.717, 1.165) is 12.1 Å². The van der Waals surface area contributed by atoms with Gasteiger partial charge in [-0.1, -0.05) is 0 Å². The van der Waals surface area contributed by atoms with E-state index in [1.807, 2.05) is 0 Å². The summed E-state index contributed by atoms with van der Waals surface area (Å²) in [4.78, 5) is 28.6. The molecule has 0 aliphatic heterocycles. The highest BCUT2D eigenvalue weighted by Crippen LogP contribution is 2.15. The molecular weight excluding hydrogens is 342 g/mol. The van der Waals surface area contributed by atoms with Crippen molar-refractivity contribution < 1.29 is 23.1 Å². The zero-order valence-electron chi connectivity index (χ0n) is 13.7. The summed E-state index contributed by atoms with van der Waals surface area (Å²) in [6.45, 7) is 1.43. The van der Waals surface area contributed by atoms with Crippen LogP contribution in [0.25, 0.3) is 5.69 Å². The largest absolute Gasteiger partial charge is 0.450 e. The van der Waals surface area contributed by atoms with Gasteiger partial charge in [-0.05, 0) is 55.5 Å². The monoisotopic (exact) mass is 356 g/mol. The second-order valence-corrected chi connectivity index (χ2v) is 5.54. The Morgan fingerprint density at radius 2 is 1.58 bits per heavy atom. The number of imidazole rings is 1. The van der Waals surface area contributed by atoms with Crippen LogP contribution in [0.1, 0.15) is 27.8 Å². The summed E-state index contributed by atoms with van der Waals surface area (Å²) in [5, 5.41) is 0. The number of ether oxygens (including phenoxy) is 1. The highest BCUT2D eigenvalue weighted by atomic mass is 19.1. The van der Waals surface area contributed by atoms with Crippen molar-refractivity contribution in [2.75, 3.05) is 0 Å². The summed E-state index contributed by atoms with van der Waals surface area (Å²) < 4.78 is 32.6. The summed E-state index contributed by atoms with van der Waals surface area (Å²) in [6.07, 6.45) is 1.61.